The second kappa shape index (κ2) is 4.81. The van der Waals surface area contributed by atoms with Crippen molar-refractivity contribution in [3.8, 4) is 5.75 Å². The highest BCUT2D eigenvalue weighted by molar-refractivity contribution is 5.89. The van der Waals surface area contributed by atoms with Crippen LogP contribution in [0, 0.1) is 0 Å². The summed E-state index contributed by atoms with van der Waals surface area (Å²) in [6.07, 6.45) is 2.15. The molecule has 0 aromatic heterocycles. The fraction of sp³-hybridized carbons (Fsp3) is 0.467. The molecule has 0 bridgehead atoms. The van der Waals surface area contributed by atoms with Gasteiger partial charge in [-0.1, -0.05) is 18.2 Å². The number of aliphatic carboxylic acids is 1. The highest BCUT2D eigenvalue weighted by atomic mass is 16.5. The van der Waals surface area contributed by atoms with Gasteiger partial charge in [0, 0.05) is 6.42 Å². The molecule has 1 aromatic rings. The average Bonchev–Trinajstić information content (AvgIpc) is 3.20. The van der Waals surface area contributed by atoms with E-state index >= 15 is 0 Å². The van der Waals surface area contributed by atoms with Crippen LogP contribution in [0.2, 0.25) is 0 Å². The molecule has 106 valence electrons. The summed E-state index contributed by atoms with van der Waals surface area (Å²) in [6.45, 7) is 0.596. The Kier molecular flexibility index (Phi) is 3.12. The zero-order chi connectivity index (χ0) is 14.2. The summed E-state index contributed by atoms with van der Waals surface area (Å²) in [7, 11) is 0. The van der Waals surface area contributed by atoms with E-state index in [-0.39, 0.29) is 11.8 Å². The van der Waals surface area contributed by atoms with Gasteiger partial charge in [-0.15, -0.1) is 0 Å². The van der Waals surface area contributed by atoms with Gasteiger partial charge in [0.2, 0.25) is 5.91 Å². The van der Waals surface area contributed by atoms with Gasteiger partial charge < -0.3 is 15.2 Å². The standard InChI is InChI=1S/C15H17NO4/c17-13(16-15(6-7-15)14(18)19)9-10-5-8-20-12-4-2-1-3-11(10)12/h1-4,10H,5-9H2,(H,16,17)(H,18,19)/t10-/m0/s1. The number of rotatable bonds is 4. The van der Waals surface area contributed by atoms with Crippen molar-refractivity contribution in [3.05, 3.63) is 29.8 Å². The molecule has 5 nitrogen and oxygen atoms in total. The predicted octanol–water partition coefficient (Wildman–Crippen LogP) is 1.68. The number of benzene rings is 1. The molecular formula is C15H17NO4. The largest absolute Gasteiger partial charge is 0.493 e. The van der Waals surface area contributed by atoms with Crippen LogP contribution in [0.4, 0.5) is 0 Å². The lowest BCUT2D eigenvalue weighted by molar-refractivity contribution is -0.143. The van der Waals surface area contributed by atoms with Gasteiger partial charge in [-0.05, 0) is 36.8 Å². The minimum absolute atomic E-state index is 0.101. The molecule has 20 heavy (non-hydrogen) atoms. The van der Waals surface area contributed by atoms with Crippen molar-refractivity contribution in [2.45, 2.75) is 37.1 Å². The van der Waals surface area contributed by atoms with Crippen LogP contribution in [0.5, 0.6) is 5.75 Å². The van der Waals surface area contributed by atoms with Gasteiger partial charge in [0.05, 0.1) is 6.61 Å². The SMILES string of the molecule is O=C(C[C@@H]1CCOc2ccccc21)NC1(C(=O)O)CC1. The molecule has 1 heterocycles. The quantitative estimate of drug-likeness (QED) is 0.876. The van der Waals surface area contributed by atoms with Gasteiger partial charge in [0.25, 0.3) is 0 Å². The molecule has 1 aliphatic heterocycles. The third-order valence-electron chi connectivity index (χ3n) is 4.05. The van der Waals surface area contributed by atoms with Crippen molar-refractivity contribution in [2.75, 3.05) is 6.61 Å². The zero-order valence-electron chi connectivity index (χ0n) is 11.1. The van der Waals surface area contributed by atoms with Crippen LogP contribution in [0.25, 0.3) is 0 Å². The lowest BCUT2D eigenvalue weighted by Gasteiger charge is -2.26. The van der Waals surface area contributed by atoms with E-state index in [1.54, 1.807) is 0 Å². The van der Waals surface area contributed by atoms with Crippen LogP contribution >= 0.6 is 0 Å². The number of hydrogen-bond acceptors (Lipinski definition) is 3. The predicted molar refractivity (Wildman–Crippen MR) is 71.7 cm³/mol. The number of carboxylic acids is 1. The number of amides is 1. The molecule has 1 aromatic carbocycles. The Labute approximate surface area is 116 Å². The maximum atomic E-state index is 12.1. The van der Waals surface area contributed by atoms with Crippen molar-refractivity contribution in [2.24, 2.45) is 0 Å². The molecule has 0 spiro atoms. The van der Waals surface area contributed by atoms with E-state index in [1.165, 1.54) is 0 Å². The molecule has 1 aliphatic carbocycles. The Bertz CT molecular complexity index is 551. The number of carboxylic acid groups (broad SMARTS) is 1. The third-order valence-corrected chi connectivity index (χ3v) is 4.05. The number of carbonyl (C=O) groups is 2. The lowest BCUT2D eigenvalue weighted by atomic mass is 9.90. The summed E-state index contributed by atoms with van der Waals surface area (Å²) in [6, 6.07) is 7.71. The molecule has 5 heteroatoms. The fourth-order valence-corrected chi connectivity index (χ4v) is 2.69. The first kappa shape index (κ1) is 13.0. The Balaban J connectivity index is 1.67. The summed E-state index contributed by atoms with van der Waals surface area (Å²) in [4.78, 5) is 23.1. The van der Waals surface area contributed by atoms with Crippen molar-refractivity contribution in [1.29, 1.82) is 0 Å². The first-order chi connectivity index (χ1) is 9.61. The number of para-hydroxylation sites is 1. The van der Waals surface area contributed by atoms with Crippen LogP contribution in [0.15, 0.2) is 24.3 Å². The van der Waals surface area contributed by atoms with Crippen molar-refractivity contribution >= 4 is 11.9 Å². The maximum Gasteiger partial charge on any atom is 0.329 e. The lowest BCUT2D eigenvalue weighted by Crippen LogP contribution is -2.43. The smallest absolute Gasteiger partial charge is 0.329 e. The molecule has 0 radical (unpaired) electrons. The maximum absolute atomic E-state index is 12.1. The summed E-state index contributed by atoms with van der Waals surface area (Å²) in [5, 5.41) is 11.7. The number of fused-ring (bicyclic) bond motifs is 1. The van der Waals surface area contributed by atoms with E-state index in [1.807, 2.05) is 24.3 Å². The van der Waals surface area contributed by atoms with Gasteiger partial charge >= 0.3 is 5.97 Å². The molecule has 3 rings (SSSR count). The number of nitrogens with one attached hydrogen (secondary N) is 1. The Morgan fingerprint density at radius 1 is 1.35 bits per heavy atom. The Morgan fingerprint density at radius 2 is 2.10 bits per heavy atom. The highest BCUT2D eigenvalue weighted by Gasteiger charge is 2.51. The van der Waals surface area contributed by atoms with Crippen molar-refractivity contribution in [3.63, 3.8) is 0 Å². The molecule has 0 saturated heterocycles. The van der Waals surface area contributed by atoms with Crippen LogP contribution in [-0.4, -0.2) is 29.1 Å². The minimum Gasteiger partial charge on any atom is -0.493 e. The highest BCUT2D eigenvalue weighted by Crippen LogP contribution is 2.38. The molecule has 1 amide bonds. The van der Waals surface area contributed by atoms with Crippen molar-refractivity contribution in [1.82, 2.24) is 5.32 Å². The molecule has 2 aliphatic rings. The van der Waals surface area contributed by atoms with Gasteiger partial charge in [-0.25, -0.2) is 4.79 Å². The minimum atomic E-state index is -0.998. The van der Waals surface area contributed by atoms with Gasteiger partial charge in [0.1, 0.15) is 11.3 Å². The number of hydrogen-bond donors (Lipinski definition) is 2. The van der Waals surface area contributed by atoms with Gasteiger partial charge in [0.15, 0.2) is 0 Å². The molecule has 0 unspecified atom stereocenters. The molecule has 1 fully saturated rings. The second-order valence-corrected chi connectivity index (χ2v) is 5.51. The molecule has 1 atom stereocenters. The number of carbonyl (C=O) groups excluding carboxylic acids is 1. The first-order valence-electron chi connectivity index (χ1n) is 6.87. The van der Waals surface area contributed by atoms with E-state index in [0.717, 1.165) is 17.7 Å². The Hall–Kier alpha value is -2.04. The average molecular weight is 275 g/mol. The zero-order valence-corrected chi connectivity index (χ0v) is 11.1. The van der Waals surface area contributed by atoms with Gasteiger partial charge in [-0.3, -0.25) is 4.79 Å². The molecule has 2 N–H and O–H groups in total. The van der Waals surface area contributed by atoms with Crippen LogP contribution in [0.3, 0.4) is 0 Å². The topological polar surface area (TPSA) is 75.6 Å². The summed E-state index contributed by atoms with van der Waals surface area (Å²) in [5.74, 6) is -0.190. The third kappa shape index (κ3) is 2.35. The summed E-state index contributed by atoms with van der Waals surface area (Å²) in [5.41, 5.74) is 0.0379. The van der Waals surface area contributed by atoms with Crippen molar-refractivity contribution < 1.29 is 19.4 Å². The monoisotopic (exact) mass is 275 g/mol. The van der Waals surface area contributed by atoms with E-state index < -0.39 is 11.5 Å². The fourth-order valence-electron chi connectivity index (χ4n) is 2.69. The van der Waals surface area contributed by atoms with Crippen LogP contribution in [-0.2, 0) is 9.59 Å². The normalized spacial score (nSPS) is 22.3. The van der Waals surface area contributed by atoms with E-state index in [0.29, 0.717) is 25.9 Å². The molecular weight excluding hydrogens is 258 g/mol. The number of ether oxygens (including phenoxy) is 1. The second-order valence-electron chi connectivity index (χ2n) is 5.51. The van der Waals surface area contributed by atoms with Crippen LogP contribution < -0.4 is 10.1 Å². The Morgan fingerprint density at radius 3 is 2.80 bits per heavy atom. The van der Waals surface area contributed by atoms with E-state index in [2.05, 4.69) is 5.32 Å². The van der Waals surface area contributed by atoms with Crippen LogP contribution in [0.1, 0.15) is 37.2 Å². The summed E-state index contributed by atoms with van der Waals surface area (Å²) >= 11 is 0. The van der Waals surface area contributed by atoms with E-state index in [9.17, 15) is 9.59 Å². The van der Waals surface area contributed by atoms with E-state index in [4.69, 9.17) is 9.84 Å². The van der Waals surface area contributed by atoms with Gasteiger partial charge in [-0.2, -0.15) is 0 Å². The first-order valence-corrected chi connectivity index (χ1v) is 6.87. The summed E-state index contributed by atoms with van der Waals surface area (Å²) < 4.78 is 5.56. The molecule has 1 saturated carbocycles.